The summed E-state index contributed by atoms with van der Waals surface area (Å²) in [5, 5.41) is 25.7. The lowest BCUT2D eigenvalue weighted by molar-refractivity contribution is -0.142. The second kappa shape index (κ2) is 20.6. The van der Waals surface area contributed by atoms with Gasteiger partial charge in [-0.3, -0.25) is 0 Å². The number of likely N-dealkylation sites (tertiary alicyclic amines) is 1. The number of nitrogens with two attached hydrogens (primary N) is 1. The van der Waals surface area contributed by atoms with Gasteiger partial charge in [-0.2, -0.15) is 26.3 Å². The van der Waals surface area contributed by atoms with Gasteiger partial charge < -0.3 is 30.4 Å². The van der Waals surface area contributed by atoms with Gasteiger partial charge in [0.1, 0.15) is 23.0 Å². The zero-order chi connectivity index (χ0) is 46.3. The summed E-state index contributed by atoms with van der Waals surface area (Å²) in [6.45, 7) is 10.0. The Hall–Kier alpha value is -5.37. The average molecular weight is 948 g/mol. The number of rotatable bonds is 7. The number of thiocarbonyl (C=S) groups is 1. The van der Waals surface area contributed by atoms with Gasteiger partial charge in [-0.25, -0.2) is 9.97 Å². The van der Waals surface area contributed by atoms with E-state index in [-0.39, 0.29) is 23.1 Å². The first-order valence-corrected chi connectivity index (χ1v) is 21.4. The van der Waals surface area contributed by atoms with Crippen molar-refractivity contribution in [2.45, 2.75) is 90.9 Å². The Kier molecular flexibility index (Phi) is 15.5. The van der Waals surface area contributed by atoms with Gasteiger partial charge in [-0.05, 0) is 132 Å². The van der Waals surface area contributed by atoms with E-state index in [2.05, 4.69) is 50.1 Å². The van der Waals surface area contributed by atoms with Gasteiger partial charge in [0, 0.05) is 16.6 Å². The highest BCUT2D eigenvalue weighted by Crippen LogP contribution is 2.34. The van der Waals surface area contributed by atoms with Crippen molar-refractivity contribution < 1.29 is 26.3 Å². The molecule has 6 heterocycles. The van der Waals surface area contributed by atoms with Crippen molar-refractivity contribution in [1.29, 1.82) is 0 Å². The summed E-state index contributed by atoms with van der Waals surface area (Å²) < 4.78 is 79.0. The molecule has 12 nitrogen and oxygen atoms in total. The number of benzene rings is 2. The molecule has 8 rings (SSSR count). The van der Waals surface area contributed by atoms with Crippen LogP contribution in [0.5, 0.6) is 0 Å². The highest BCUT2D eigenvalue weighted by molar-refractivity contribution is 7.80. The number of halogens is 8. The normalized spacial score (nSPS) is 16.2. The Bertz CT molecular complexity index is 2520. The molecule has 340 valence electrons. The van der Waals surface area contributed by atoms with E-state index >= 15 is 0 Å². The Morgan fingerprint density at radius 2 is 1.22 bits per heavy atom. The molecule has 64 heavy (non-hydrogen) atoms. The zero-order valence-electron chi connectivity index (χ0n) is 35.3. The predicted octanol–water partition coefficient (Wildman–Crippen LogP) is 10.2. The van der Waals surface area contributed by atoms with Crippen molar-refractivity contribution in [2.24, 2.45) is 0 Å². The molecule has 6 aromatic rings. The fraction of sp³-hybridized carbons (Fsp3) is 0.372. The zero-order valence-corrected chi connectivity index (χ0v) is 37.6. The number of aromatic nitrogens is 8. The van der Waals surface area contributed by atoms with Crippen LogP contribution in [0.1, 0.15) is 95.0 Å². The molecular formula is C43H46Cl2F6N12S. The van der Waals surface area contributed by atoms with Gasteiger partial charge in [-0.15, -0.1) is 20.4 Å². The summed E-state index contributed by atoms with van der Waals surface area (Å²) in [6.07, 6.45) is -4.79. The monoisotopic (exact) mass is 946 g/mol. The first kappa shape index (κ1) is 48.1. The molecule has 2 atom stereocenters. The van der Waals surface area contributed by atoms with Crippen LogP contribution >= 0.6 is 35.4 Å². The van der Waals surface area contributed by atoms with E-state index in [1.807, 2.05) is 67.3 Å². The molecule has 4 N–H and O–H groups in total. The van der Waals surface area contributed by atoms with Gasteiger partial charge in [-0.1, -0.05) is 47.5 Å². The van der Waals surface area contributed by atoms with Crippen LogP contribution in [-0.4, -0.2) is 62.6 Å². The number of pyridine rings is 2. The Morgan fingerprint density at radius 3 is 1.72 bits per heavy atom. The van der Waals surface area contributed by atoms with Crippen molar-refractivity contribution in [1.82, 2.24) is 49.7 Å². The Balaban J connectivity index is 0.000000183. The number of nitrogens with one attached hydrogen (secondary N) is 2. The van der Waals surface area contributed by atoms with E-state index < -0.39 is 23.7 Å². The molecule has 0 aliphatic carbocycles. The molecule has 0 radical (unpaired) electrons. The lowest BCUT2D eigenvalue weighted by atomic mass is 10.2. The highest BCUT2D eigenvalue weighted by Gasteiger charge is 2.35. The molecule has 21 heteroatoms. The maximum atomic E-state index is 12.9. The third-order valence-electron chi connectivity index (χ3n) is 10.7. The van der Waals surface area contributed by atoms with Gasteiger partial charge >= 0.3 is 12.4 Å². The third-order valence-corrected chi connectivity index (χ3v) is 11.5. The summed E-state index contributed by atoms with van der Waals surface area (Å²) in [5.41, 5.74) is 6.88. The quantitative estimate of drug-likeness (QED) is 0.104. The Labute approximate surface area is 381 Å². The first-order chi connectivity index (χ1) is 30.3. The average Bonchev–Trinajstić information content (AvgIpc) is 4.08. The summed E-state index contributed by atoms with van der Waals surface area (Å²) in [4.78, 5) is 8.97. The molecule has 0 amide bonds. The number of nitrogen functional groups attached to an aromatic ring is 1. The van der Waals surface area contributed by atoms with Crippen molar-refractivity contribution in [3.8, 4) is 0 Å². The maximum Gasteiger partial charge on any atom is 0.433 e. The standard InChI is InChI=1S/C22H22ClF3N6S.C14H17ClN4.C7H7F3N2/c1-13-17(9-10-19(27-13)22(24,25)26)28-21(33)31-11-3-4-18(31)20-30-29-14(2)32(20)12-15-5-7-16(23)8-6-15;1-10-17-18-14(13-3-2-8-16-13)19(10)9-11-4-6-12(15)7-5-11;1-4-5(11)2-3-6(12-4)7(8,9)10/h5-10,18H,3-4,11-12H2,1-2H3,(H,28,33);4-7,13,16H,2-3,8-9H2,1H3;2-3H,11H2,1H3/t18-;13-;/m11./s1. The van der Waals surface area contributed by atoms with E-state index in [0.717, 1.165) is 78.4 Å². The van der Waals surface area contributed by atoms with Crippen LogP contribution in [-0.2, 0) is 25.4 Å². The van der Waals surface area contributed by atoms with Crippen molar-refractivity contribution in [2.75, 3.05) is 24.1 Å². The number of nitrogens with zero attached hydrogens (tertiary/aromatic N) is 9. The number of hydrogen-bond acceptors (Lipinski definition) is 9. The van der Waals surface area contributed by atoms with E-state index in [0.29, 0.717) is 35.0 Å². The summed E-state index contributed by atoms with van der Waals surface area (Å²) in [6, 6.07) is 20.2. The van der Waals surface area contributed by atoms with Gasteiger partial charge in [0.2, 0.25) is 0 Å². The van der Waals surface area contributed by atoms with Crippen LogP contribution in [0.4, 0.5) is 37.7 Å². The van der Waals surface area contributed by atoms with Crippen molar-refractivity contribution in [3.63, 3.8) is 0 Å². The van der Waals surface area contributed by atoms with Crippen molar-refractivity contribution in [3.05, 3.63) is 140 Å². The summed E-state index contributed by atoms with van der Waals surface area (Å²) in [7, 11) is 0. The van der Waals surface area contributed by atoms with E-state index in [1.165, 1.54) is 38.0 Å². The Morgan fingerprint density at radius 1 is 0.703 bits per heavy atom. The lowest BCUT2D eigenvalue weighted by Gasteiger charge is -2.28. The largest absolute Gasteiger partial charge is 0.433 e. The molecule has 0 bridgehead atoms. The maximum absolute atomic E-state index is 12.9. The van der Waals surface area contributed by atoms with E-state index in [4.69, 9.17) is 41.2 Å². The fourth-order valence-corrected chi connectivity index (χ4v) is 7.77. The number of alkyl halides is 6. The van der Waals surface area contributed by atoms with Crippen LogP contribution < -0.4 is 16.4 Å². The lowest BCUT2D eigenvalue weighted by Crippen LogP contribution is -2.35. The molecule has 2 saturated heterocycles. The highest BCUT2D eigenvalue weighted by atomic mass is 35.5. The number of aryl methyl sites for hydroxylation is 4. The van der Waals surface area contributed by atoms with Gasteiger partial charge in [0.05, 0.1) is 47.9 Å². The first-order valence-electron chi connectivity index (χ1n) is 20.2. The fourth-order valence-electron chi connectivity index (χ4n) is 7.19. The van der Waals surface area contributed by atoms with Gasteiger partial charge in [0.25, 0.3) is 0 Å². The van der Waals surface area contributed by atoms with Crippen LogP contribution in [0.2, 0.25) is 10.0 Å². The molecule has 0 saturated carbocycles. The molecule has 0 spiro atoms. The minimum absolute atomic E-state index is 0.0961. The second-order valence-corrected chi connectivity index (χ2v) is 16.5. The van der Waals surface area contributed by atoms with E-state index in [1.54, 1.807) is 0 Å². The number of hydrogen-bond donors (Lipinski definition) is 3. The van der Waals surface area contributed by atoms with E-state index in [9.17, 15) is 26.3 Å². The summed E-state index contributed by atoms with van der Waals surface area (Å²) in [5.74, 6) is 3.59. The third kappa shape index (κ3) is 12.2. The van der Waals surface area contributed by atoms with Crippen LogP contribution in [0.15, 0.2) is 72.8 Å². The topological polar surface area (TPSA) is 141 Å². The molecule has 2 aromatic carbocycles. The molecule has 2 aliphatic rings. The smallest absolute Gasteiger partial charge is 0.397 e. The molecular weight excluding hydrogens is 902 g/mol. The molecule has 2 fully saturated rings. The number of anilines is 2. The van der Waals surface area contributed by atoms with Crippen LogP contribution in [0.25, 0.3) is 0 Å². The molecule has 2 aliphatic heterocycles. The van der Waals surface area contributed by atoms with Gasteiger partial charge in [0.15, 0.2) is 16.8 Å². The minimum Gasteiger partial charge on any atom is -0.397 e. The SMILES string of the molecule is Cc1nc(C(F)(F)F)ccc1N.Cc1nc(C(F)(F)F)ccc1NC(=S)N1CCC[C@@H]1c1nnc(C)n1Cc1ccc(Cl)cc1.Cc1nnc([C@H]2CCCN2)n1Cc1ccc(Cl)cc1. The van der Waals surface area contributed by atoms with Crippen LogP contribution in [0.3, 0.4) is 0 Å². The minimum atomic E-state index is -4.49. The molecule has 0 unspecified atom stereocenters. The second-order valence-electron chi connectivity index (χ2n) is 15.3. The van der Waals surface area contributed by atoms with Crippen molar-refractivity contribution >= 4 is 51.9 Å². The predicted molar refractivity (Wildman–Crippen MR) is 238 cm³/mol. The van der Waals surface area contributed by atoms with Crippen LogP contribution in [0, 0.1) is 27.7 Å². The molecule has 4 aromatic heterocycles. The summed E-state index contributed by atoms with van der Waals surface area (Å²) >= 11 is 17.5.